The van der Waals surface area contributed by atoms with Gasteiger partial charge in [-0.2, -0.15) is 0 Å². The zero-order chi connectivity index (χ0) is 18.7. The number of hydrogen-bond acceptors (Lipinski definition) is 4. The average molecular weight is 354 g/mol. The Morgan fingerprint density at radius 3 is 2.62 bits per heavy atom. The maximum atomic E-state index is 12.8. The van der Waals surface area contributed by atoms with Crippen LogP contribution in [0.3, 0.4) is 0 Å². The molecule has 0 atom stereocenters. The van der Waals surface area contributed by atoms with Gasteiger partial charge in [0.2, 0.25) is 0 Å². The quantitative estimate of drug-likeness (QED) is 0.726. The summed E-state index contributed by atoms with van der Waals surface area (Å²) >= 11 is 0. The molecule has 6 heteroatoms. The Bertz CT molecular complexity index is 910. The summed E-state index contributed by atoms with van der Waals surface area (Å²) in [6, 6.07) is 10.9. The normalized spacial score (nSPS) is 10.6. The van der Waals surface area contributed by atoms with Gasteiger partial charge in [0.25, 0.3) is 5.91 Å². The van der Waals surface area contributed by atoms with Crippen molar-refractivity contribution in [1.29, 1.82) is 0 Å². The number of aromatic nitrogens is 1. The van der Waals surface area contributed by atoms with E-state index in [0.29, 0.717) is 29.3 Å². The molecule has 136 valence electrons. The molecule has 0 aliphatic rings. The van der Waals surface area contributed by atoms with Crippen molar-refractivity contribution >= 4 is 11.6 Å². The summed E-state index contributed by atoms with van der Waals surface area (Å²) < 4.78 is 18.0. The Kier molecular flexibility index (Phi) is 5.02. The molecule has 0 radical (unpaired) electrons. The summed E-state index contributed by atoms with van der Waals surface area (Å²) in [5.41, 5.74) is 3.03. The number of ether oxygens (including phenoxy) is 2. The molecular weight excluding hydrogens is 332 g/mol. The third-order valence-corrected chi connectivity index (χ3v) is 4.37. The number of furan rings is 1. The van der Waals surface area contributed by atoms with Crippen molar-refractivity contribution in [1.82, 2.24) is 4.57 Å². The van der Waals surface area contributed by atoms with Crippen molar-refractivity contribution in [2.45, 2.75) is 20.4 Å². The van der Waals surface area contributed by atoms with Gasteiger partial charge in [-0.05, 0) is 44.2 Å². The number of methoxy groups -OCH3 is 2. The summed E-state index contributed by atoms with van der Waals surface area (Å²) in [6.07, 6.45) is 1.65. The van der Waals surface area contributed by atoms with Crippen LogP contribution in [0.4, 0.5) is 5.69 Å². The number of rotatable bonds is 6. The lowest BCUT2D eigenvalue weighted by molar-refractivity contribution is 0.102. The van der Waals surface area contributed by atoms with E-state index in [1.807, 2.05) is 32.0 Å². The molecule has 0 saturated carbocycles. The number of benzene rings is 1. The molecule has 1 N–H and O–H groups in total. The summed E-state index contributed by atoms with van der Waals surface area (Å²) in [6.45, 7) is 4.48. The van der Waals surface area contributed by atoms with Crippen LogP contribution in [0, 0.1) is 13.8 Å². The van der Waals surface area contributed by atoms with Crippen molar-refractivity contribution in [2.24, 2.45) is 0 Å². The lowest BCUT2D eigenvalue weighted by atomic mass is 10.2. The summed E-state index contributed by atoms with van der Waals surface area (Å²) in [7, 11) is 3.14. The first-order valence-electron chi connectivity index (χ1n) is 8.26. The first-order chi connectivity index (χ1) is 12.5. The second kappa shape index (κ2) is 7.39. The molecule has 0 fully saturated rings. The van der Waals surface area contributed by atoms with E-state index in [1.54, 1.807) is 38.7 Å². The summed E-state index contributed by atoms with van der Waals surface area (Å²) in [5, 5.41) is 2.91. The summed E-state index contributed by atoms with van der Waals surface area (Å²) in [5.74, 6) is 1.86. The fourth-order valence-electron chi connectivity index (χ4n) is 2.93. The van der Waals surface area contributed by atoms with Crippen LogP contribution >= 0.6 is 0 Å². The van der Waals surface area contributed by atoms with Gasteiger partial charge in [0.1, 0.15) is 17.3 Å². The molecule has 1 aromatic carbocycles. The van der Waals surface area contributed by atoms with Crippen LogP contribution < -0.4 is 14.8 Å². The van der Waals surface area contributed by atoms with E-state index in [-0.39, 0.29) is 5.91 Å². The largest absolute Gasteiger partial charge is 0.497 e. The molecule has 3 aromatic rings. The monoisotopic (exact) mass is 354 g/mol. The highest BCUT2D eigenvalue weighted by atomic mass is 16.5. The Morgan fingerprint density at radius 2 is 1.96 bits per heavy atom. The topological polar surface area (TPSA) is 65.6 Å². The maximum absolute atomic E-state index is 12.8. The van der Waals surface area contributed by atoms with E-state index in [1.165, 1.54) is 0 Å². The number of nitrogens with zero attached hydrogens (tertiary/aromatic N) is 1. The number of hydrogen-bond donors (Lipinski definition) is 1. The molecule has 1 amide bonds. The van der Waals surface area contributed by atoms with Gasteiger partial charge in [0.15, 0.2) is 0 Å². The van der Waals surface area contributed by atoms with Crippen LogP contribution in [-0.4, -0.2) is 24.7 Å². The molecule has 6 nitrogen and oxygen atoms in total. The van der Waals surface area contributed by atoms with Crippen molar-refractivity contribution in [2.75, 3.05) is 19.5 Å². The highest BCUT2D eigenvalue weighted by Crippen LogP contribution is 2.30. The first-order valence-corrected chi connectivity index (χ1v) is 8.26. The molecule has 0 spiro atoms. The maximum Gasteiger partial charge on any atom is 0.257 e. The van der Waals surface area contributed by atoms with Gasteiger partial charge in [0.05, 0.1) is 38.3 Å². The zero-order valence-corrected chi connectivity index (χ0v) is 15.3. The SMILES string of the molecule is COc1ccc(OC)c(NC(=O)c2cc(C)n(Cc3ccco3)c2C)c1. The molecule has 0 aliphatic carbocycles. The molecule has 0 bridgehead atoms. The molecule has 3 rings (SSSR count). The molecule has 0 aliphatic heterocycles. The van der Waals surface area contributed by atoms with Gasteiger partial charge >= 0.3 is 0 Å². The molecular formula is C20H22N2O4. The highest BCUT2D eigenvalue weighted by molar-refractivity contribution is 6.06. The smallest absolute Gasteiger partial charge is 0.257 e. The van der Waals surface area contributed by atoms with Gasteiger partial charge in [-0.3, -0.25) is 4.79 Å². The lowest BCUT2D eigenvalue weighted by Crippen LogP contribution is -2.14. The number of amides is 1. The van der Waals surface area contributed by atoms with Crippen LogP contribution in [0.15, 0.2) is 47.1 Å². The second-order valence-electron chi connectivity index (χ2n) is 5.97. The molecule has 0 saturated heterocycles. The molecule has 0 unspecified atom stereocenters. The third kappa shape index (κ3) is 3.44. The molecule has 2 heterocycles. The lowest BCUT2D eigenvalue weighted by Gasteiger charge is -2.12. The van der Waals surface area contributed by atoms with Crippen LogP contribution in [0.25, 0.3) is 0 Å². The fraction of sp³-hybridized carbons (Fsp3) is 0.250. The average Bonchev–Trinajstić information content (AvgIpc) is 3.25. The van der Waals surface area contributed by atoms with Crippen LogP contribution in [0.1, 0.15) is 27.5 Å². The zero-order valence-electron chi connectivity index (χ0n) is 15.3. The Labute approximate surface area is 152 Å². The van der Waals surface area contributed by atoms with Crippen molar-refractivity contribution in [3.05, 3.63) is 65.4 Å². The third-order valence-electron chi connectivity index (χ3n) is 4.37. The van der Waals surface area contributed by atoms with E-state index in [0.717, 1.165) is 17.1 Å². The Morgan fingerprint density at radius 1 is 1.15 bits per heavy atom. The van der Waals surface area contributed by atoms with Gasteiger partial charge < -0.3 is 23.8 Å². The number of carbonyl (C=O) groups is 1. The van der Waals surface area contributed by atoms with Crippen molar-refractivity contribution in [3.8, 4) is 11.5 Å². The summed E-state index contributed by atoms with van der Waals surface area (Å²) in [4.78, 5) is 12.8. The number of carbonyl (C=O) groups excluding carboxylic acids is 1. The predicted molar refractivity (Wildman–Crippen MR) is 99.2 cm³/mol. The minimum atomic E-state index is -0.199. The Hall–Kier alpha value is -3.15. The van der Waals surface area contributed by atoms with Crippen molar-refractivity contribution < 1.29 is 18.7 Å². The minimum absolute atomic E-state index is 0.199. The van der Waals surface area contributed by atoms with Crippen LogP contribution in [0.5, 0.6) is 11.5 Å². The second-order valence-corrected chi connectivity index (χ2v) is 5.97. The number of anilines is 1. The van der Waals surface area contributed by atoms with Crippen LogP contribution in [0.2, 0.25) is 0 Å². The minimum Gasteiger partial charge on any atom is -0.497 e. The van der Waals surface area contributed by atoms with E-state index in [9.17, 15) is 4.79 Å². The van der Waals surface area contributed by atoms with Gasteiger partial charge in [-0.25, -0.2) is 0 Å². The Balaban J connectivity index is 1.87. The molecule has 26 heavy (non-hydrogen) atoms. The van der Waals surface area contributed by atoms with Crippen molar-refractivity contribution in [3.63, 3.8) is 0 Å². The van der Waals surface area contributed by atoms with Gasteiger partial charge in [-0.15, -0.1) is 0 Å². The standard InChI is InChI=1S/C20H22N2O4/c1-13-10-17(14(2)22(13)12-16-6-5-9-26-16)20(23)21-18-11-15(24-3)7-8-19(18)25-4/h5-11H,12H2,1-4H3,(H,21,23). The van der Waals surface area contributed by atoms with Gasteiger partial charge in [0, 0.05) is 17.5 Å². The number of aryl methyl sites for hydroxylation is 1. The molecule has 2 aromatic heterocycles. The van der Waals surface area contributed by atoms with E-state index < -0.39 is 0 Å². The van der Waals surface area contributed by atoms with E-state index in [2.05, 4.69) is 9.88 Å². The number of nitrogens with one attached hydrogen (secondary N) is 1. The highest BCUT2D eigenvalue weighted by Gasteiger charge is 2.18. The van der Waals surface area contributed by atoms with E-state index >= 15 is 0 Å². The van der Waals surface area contributed by atoms with Gasteiger partial charge in [-0.1, -0.05) is 0 Å². The van der Waals surface area contributed by atoms with E-state index in [4.69, 9.17) is 13.9 Å². The first kappa shape index (κ1) is 17.7. The fourth-order valence-corrected chi connectivity index (χ4v) is 2.93. The van der Waals surface area contributed by atoms with Crippen LogP contribution in [-0.2, 0) is 6.54 Å². The predicted octanol–water partition coefficient (Wildman–Crippen LogP) is 4.02.